The highest BCUT2D eigenvalue weighted by atomic mass is 19.4. The van der Waals surface area contributed by atoms with E-state index in [4.69, 9.17) is 20.7 Å². The van der Waals surface area contributed by atoms with Crippen molar-refractivity contribution in [1.29, 1.82) is 0 Å². The standard InChI is InChI=1S/C28H40N8O6.C2HF3O2/c1-16(2)24(32-26(40)17(3)30-4)28(42)35-15-20(36-14-19(33-34-36)10-11-23(37)38)13-22(35)27(41)31-21(25(29)39)12-18-8-6-5-7-9-18;3-2(4,5)1(6)7/h5-9,14,16-17,20-22,24,30H,10-13,15H2,1-4H3,(H2,29,39)(H,31,41)(H,32,40)(H,37,38);(H,6,7)/t17-,20+,21-,22-,24-;/m0./s1. The number of amides is 4. The van der Waals surface area contributed by atoms with Crippen LogP contribution in [0.1, 0.15) is 50.9 Å². The summed E-state index contributed by atoms with van der Waals surface area (Å²) >= 11 is 0. The number of likely N-dealkylation sites (N-methyl/N-ethyl adjacent to an activating group) is 1. The molecule has 16 nitrogen and oxygen atoms in total. The van der Waals surface area contributed by atoms with E-state index in [1.54, 1.807) is 34.0 Å². The Morgan fingerprint density at radius 3 is 2.16 bits per heavy atom. The molecule has 3 rings (SSSR count). The smallest absolute Gasteiger partial charge is 0.481 e. The normalized spacial score (nSPS) is 17.7. The van der Waals surface area contributed by atoms with Gasteiger partial charge in [-0.05, 0) is 25.5 Å². The summed E-state index contributed by atoms with van der Waals surface area (Å²) in [6.07, 6.45) is -3.08. The van der Waals surface area contributed by atoms with E-state index in [1.807, 2.05) is 30.3 Å². The molecule has 1 aliphatic heterocycles. The van der Waals surface area contributed by atoms with Crippen molar-refractivity contribution in [3.63, 3.8) is 0 Å². The molecule has 0 unspecified atom stereocenters. The predicted molar refractivity (Wildman–Crippen MR) is 165 cm³/mol. The minimum absolute atomic E-state index is 0.0826. The molecule has 1 aliphatic rings. The first-order valence-corrected chi connectivity index (χ1v) is 15.2. The van der Waals surface area contributed by atoms with Gasteiger partial charge in [0, 0.05) is 32.0 Å². The second-order valence-electron chi connectivity index (χ2n) is 11.7. The number of carboxylic acids is 2. The number of primary amides is 1. The molecule has 0 aliphatic carbocycles. The number of hydrogen-bond donors (Lipinski definition) is 6. The molecule has 19 heteroatoms. The van der Waals surface area contributed by atoms with Gasteiger partial charge >= 0.3 is 18.1 Å². The van der Waals surface area contributed by atoms with Gasteiger partial charge in [0.25, 0.3) is 0 Å². The number of rotatable bonds is 14. The summed E-state index contributed by atoms with van der Waals surface area (Å²) in [6, 6.07) is 5.17. The predicted octanol–water partition coefficient (Wildman–Crippen LogP) is 0.0321. The Balaban J connectivity index is 0.00000107. The molecule has 1 saturated heterocycles. The average Bonchev–Trinajstić information content (AvgIpc) is 3.69. The third kappa shape index (κ3) is 12.2. The fourth-order valence-electron chi connectivity index (χ4n) is 4.78. The van der Waals surface area contributed by atoms with E-state index in [-0.39, 0.29) is 44.1 Å². The molecule has 0 saturated carbocycles. The van der Waals surface area contributed by atoms with Gasteiger partial charge in [0.15, 0.2) is 0 Å². The summed E-state index contributed by atoms with van der Waals surface area (Å²) in [5.41, 5.74) is 6.90. The van der Waals surface area contributed by atoms with Gasteiger partial charge in [-0.15, -0.1) is 5.10 Å². The maximum atomic E-state index is 13.9. The van der Waals surface area contributed by atoms with E-state index >= 15 is 0 Å². The van der Waals surface area contributed by atoms with Crippen molar-refractivity contribution in [2.45, 2.75) is 82.8 Å². The zero-order valence-electron chi connectivity index (χ0n) is 27.3. The Kier molecular flexibility index (Phi) is 14.7. The number of halogens is 3. The Morgan fingerprint density at radius 1 is 1.04 bits per heavy atom. The number of carbonyl (C=O) groups is 6. The number of nitrogens with one attached hydrogen (secondary N) is 3. The molecule has 2 heterocycles. The molecule has 49 heavy (non-hydrogen) atoms. The van der Waals surface area contributed by atoms with Gasteiger partial charge in [-0.25, -0.2) is 9.48 Å². The molecule has 1 aromatic heterocycles. The third-order valence-corrected chi connectivity index (χ3v) is 7.63. The van der Waals surface area contributed by atoms with E-state index in [0.717, 1.165) is 5.56 Å². The Labute approximate surface area is 279 Å². The SMILES string of the molecule is CN[C@@H](C)C(=O)N[C@H](C(=O)N1C[C@H](n2cc(CCC(=O)O)nn2)C[C@H]1C(=O)N[C@@H](Cc1ccccc1)C(N)=O)C(C)C.O=C(O)C(F)(F)F. The Hall–Kier alpha value is -5.07. The van der Waals surface area contributed by atoms with Crippen LogP contribution in [0.15, 0.2) is 36.5 Å². The zero-order valence-corrected chi connectivity index (χ0v) is 27.3. The quantitative estimate of drug-likeness (QED) is 0.154. The van der Waals surface area contributed by atoms with E-state index in [0.29, 0.717) is 5.69 Å². The summed E-state index contributed by atoms with van der Waals surface area (Å²) < 4.78 is 33.3. The lowest BCUT2D eigenvalue weighted by Crippen LogP contribution is -2.58. The lowest BCUT2D eigenvalue weighted by atomic mass is 10.0. The van der Waals surface area contributed by atoms with Crippen LogP contribution < -0.4 is 21.7 Å². The van der Waals surface area contributed by atoms with Gasteiger partial charge < -0.3 is 36.8 Å². The number of alkyl halides is 3. The van der Waals surface area contributed by atoms with E-state index in [9.17, 15) is 37.1 Å². The third-order valence-electron chi connectivity index (χ3n) is 7.63. The van der Waals surface area contributed by atoms with Crippen LogP contribution in [0.2, 0.25) is 0 Å². The van der Waals surface area contributed by atoms with Crippen LogP contribution in [0.5, 0.6) is 0 Å². The van der Waals surface area contributed by atoms with Crippen LogP contribution >= 0.6 is 0 Å². The number of aromatic nitrogens is 3. The van der Waals surface area contributed by atoms with Crippen LogP contribution in [-0.4, -0.2) is 110 Å². The van der Waals surface area contributed by atoms with Crippen LogP contribution in [0.4, 0.5) is 13.2 Å². The van der Waals surface area contributed by atoms with Crippen molar-refractivity contribution in [2.75, 3.05) is 13.6 Å². The second-order valence-corrected chi connectivity index (χ2v) is 11.7. The number of carboxylic acid groups (broad SMARTS) is 2. The molecule has 0 radical (unpaired) electrons. The molecule has 4 amide bonds. The topological polar surface area (TPSA) is 239 Å². The van der Waals surface area contributed by atoms with Crippen molar-refractivity contribution in [1.82, 2.24) is 35.8 Å². The maximum absolute atomic E-state index is 13.9. The molecular formula is C30H41F3N8O8. The van der Waals surface area contributed by atoms with Gasteiger partial charge in [0.2, 0.25) is 23.6 Å². The van der Waals surface area contributed by atoms with Gasteiger partial charge in [0.1, 0.15) is 18.1 Å². The fraction of sp³-hybridized carbons (Fsp3) is 0.533. The number of carbonyl (C=O) groups excluding carboxylic acids is 4. The van der Waals surface area contributed by atoms with Gasteiger partial charge in [-0.1, -0.05) is 49.4 Å². The highest BCUT2D eigenvalue weighted by Gasteiger charge is 2.44. The molecule has 7 N–H and O–H groups in total. The van der Waals surface area contributed by atoms with Crippen molar-refractivity contribution in [2.24, 2.45) is 11.7 Å². The fourth-order valence-corrected chi connectivity index (χ4v) is 4.78. The molecule has 1 aromatic carbocycles. The van der Waals surface area contributed by atoms with Crippen LogP contribution in [0.25, 0.3) is 0 Å². The molecule has 0 bridgehead atoms. The lowest BCUT2D eigenvalue weighted by molar-refractivity contribution is -0.192. The molecule has 5 atom stereocenters. The molecule has 2 aromatic rings. The first-order valence-electron chi connectivity index (χ1n) is 15.2. The van der Waals surface area contributed by atoms with Crippen molar-refractivity contribution in [3.8, 4) is 0 Å². The molecule has 0 spiro atoms. The van der Waals surface area contributed by atoms with Crippen LogP contribution in [-0.2, 0) is 41.6 Å². The number of nitrogens with two attached hydrogens (primary N) is 1. The van der Waals surface area contributed by atoms with Crippen LogP contribution in [0.3, 0.4) is 0 Å². The maximum Gasteiger partial charge on any atom is 0.490 e. The molecule has 270 valence electrons. The second kappa shape index (κ2) is 17.9. The van der Waals surface area contributed by atoms with Gasteiger partial charge in [-0.3, -0.25) is 24.0 Å². The van der Waals surface area contributed by atoms with E-state index < -0.39 is 66.0 Å². The highest BCUT2D eigenvalue weighted by molar-refractivity contribution is 5.95. The average molecular weight is 699 g/mol. The first-order chi connectivity index (χ1) is 22.8. The summed E-state index contributed by atoms with van der Waals surface area (Å²) in [5, 5.41) is 32.6. The number of aryl methyl sites for hydroxylation is 1. The Bertz CT molecular complexity index is 1470. The highest BCUT2D eigenvalue weighted by Crippen LogP contribution is 2.29. The van der Waals surface area contributed by atoms with Crippen molar-refractivity contribution >= 4 is 35.6 Å². The summed E-state index contributed by atoms with van der Waals surface area (Å²) in [5.74, 6) is -6.10. The van der Waals surface area contributed by atoms with Crippen molar-refractivity contribution < 1.29 is 52.2 Å². The van der Waals surface area contributed by atoms with Crippen LogP contribution in [0, 0.1) is 5.92 Å². The first kappa shape index (κ1) is 40.1. The lowest BCUT2D eigenvalue weighted by Gasteiger charge is -2.31. The Morgan fingerprint density at radius 2 is 1.65 bits per heavy atom. The monoisotopic (exact) mass is 698 g/mol. The van der Waals surface area contributed by atoms with Crippen molar-refractivity contribution in [3.05, 3.63) is 47.8 Å². The summed E-state index contributed by atoms with van der Waals surface area (Å²) in [7, 11) is 1.63. The molecular weight excluding hydrogens is 657 g/mol. The number of hydrogen-bond acceptors (Lipinski definition) is 9. The summed E-state index contributed by atoms with van der Waals surface area (Å²) in [4.78, 5) is 73.8. The minimum Gasteiger partial charge on any atom is -0.481 e. The summed E-state index contributed by atoms with van der Waals surface area (Å²) in [6.45, 7) is 5.34. The number of benzene rings is 1. The number of nitrogens with zero attached hydrogens (tertiary/aromatic N) is 4. The van der Waals surface area contributed by atoms with Gasteiger partial charge in [0.05, 0.1) is 24.2 Å². The number of likely N-dealkylation sites (tertiary alicyclic amines) is 1. The molecule has 1 fully saturated rings. The van der Waals surface area contributed by atoms with Gasteiger partial charge in [-0.2, -0.15) is 13.2 Å². The largest absolute Gasteiger partial charge is 0.490 e. The van der Waals surface area contributed by atoms with E-state index in [1.165, 1.54) is 9.58 Å². The van der Waals surface area contributed by atoms with E-state index in [2.05, 4.69) is 26.3 Å². The minimum atomic E-state index is -5.08. The number of aliphatic carboxylic acids is 2. The zero-order chi connectivity index (χ0) is 37.1.